The predicted molar refractivity (Wildman–Crippen MR) is 111 cm³/mol. The number of ether oxygens (including phenoxy) is 2. The summed E-state index contributed by atoms with van der Waals surface area (Å²) in [7, 11) is 3.35. The Balaban J connectivity index is 1.34. The summed E-state index contributed by atoms with van der Waals surface area (Å²) in [6, 6.07) is 7.68. The molecule has 5 rings (SSSR count). The minimum absolute atomic E-state index is 0.0849. The van der Waals surface area contributed by atoms with Crippen molar-refractivity contribution < 1.29 is 9.47 Å². The molecule has 29 heavy (non-hydrogen) atoms. The molecule has 1 unspecified atom stereocenters. The molecular formula is C21H24N4O3S. The van der Waals surface area contributed by atoms with Gasteiger partial charge in [-0.25, -0.2) is 4.98 Å². The van der Waals surface area contributed by atoms with Gasteiger partial charge in [-0.2, -0.15) is 9.61 Å². The summed E-state index contributed by atoms with van der Waals surface area (Å²) in [6.07, 6.45) is 3.38. The van der Waals surface area contributed by atoms with Gasteiger partial charge in [-0.05, 0) is 31.9 Å². The Kier molecular flexibility index (Phi) is 4.75. The first-order chi connectivity index (χ1) is 14.2. The van der Waals surface area contributed by atoms with Crippen LogP contribution in [-0.2, 0) is 6.54 Å². The van der Waals surface area contributed by atoms with Crippen LogP contribution in [0.25, 0.3) is 4.96 Å². The Morgan fingerprint density at radius 2 is 2.03 bits per heavy atom. The Bertz CT molecular complexity index is 1100. The maximum absolute atomic E-state index is 12.5. The van der Waals surface area contributed by atoms with Crippen LogP contribution in [0.4, 0.5) is 0 Å². The Hall–Kier alpha value is -2.45. The summed E-state index contributed by atoms with van der Waals surface area (Å²) in [5.41, 5.74) is 1.91. The normalized spacial score (nSPS) is 19.7. The molecule has 0 radical (unpaired) electrons. The fraction of sp³-hybridized carbons (Fsp3) is 0.476. The number of benzene rings is 1. The van der Waals surface area contributed by atoms with Crippen molar-refractivity contribution in [3.05, 3.63) is 50.9 Å². The second-order valence-corrected chi connectivity index (χ2v) is 8.79. The minimum Gasteiger partial charge on any atom is -0.493 e. The lowest BCUT2D eigenvalue weighted by Gasteiger charge is -2.18. The summed E-state index contributed by atoms with van der Waals surface area (Å²) in [6.45, 7) is 2.54. The maximum Gasteiger partial charge on any atom is 0.275 e. The summed E-state index contributed by atoms with van der Waals surface area (Å²) < 4.78 is 12.5. The zero-order chi connectivity index (χ0) is 20.0. The Morgan fingerprint density at radius 1 is 1.17 bits per heavy atom. The number of aromatic nitrogens is 3. The monoisotopic (exact) mass is 412 g/mol. The van der Waals surface area contributed by atoms with Crippen LogP contribution in [0.1, 0.15) is 47.4 Å². The zero-order valence-corrected chi connectivity index (χ0v) is 17.4. The summed E-state index contributed by atoms with van der Waals surface area (Å²) in [5.74, 6) is 2.48. The molecule has 152 valence electrons. The van der Waals surface area contributed by atoms with Crippen molar-refractivity contribution in [1.82, 2.24) is 19.5 Å². The van der Waals surface area contributed by atoms with E-state index in [-0.39, 0.29) is 5.56 Å². The van der Waals surface area contributed by atoms with Gasteiger partial charge in [-0.1, -0.05) is 23.5 Å². The third kappa shape index (κ3) is 3.51. The van der Waals surface area contributed by atoms with E-state index in [0.29, 0.717) is 23.3 Å². The van der Waals surface area contributed by atoms with E-state index in [1.807, 2.05) is 12.1 Å². The second-order valence-electron chi connectivity index (χ2n) is 7.80. The molecule has 3 aromatic rings. The number of hydrogen-bond acceptors (Lipinski definition) is 7. The number of likely N-dealkylation sites (tertiary alicyclic amines) is 1. The largest absolute Gasteiger partial charge is 0.493 e. The van der Waals surface area contributed by atoms with Gasteiger partial charge in [0, 0.05) is 36.6 Å². The lowest BCUT2D eigenvalue weighted by molar-refractivity contribution is 0.319. The number of para-hydroxylation sites is 1. The number of nitrogens with zero attached hydrogens (tertiary/aromatic N) is 4. The molecule has 1 saturated carbocycles. The highest BCUT2D eigenvalue weighted by Crippen LogP contribution is 2.41. The molecule has 0 amide bonds. The van der Waals surface area contributed by atoms with Gasteiger partial charge in [-0.15, -0.1) is 0 Å². The first-order valence-electron chi connectivity index (χ1n) is 9.99. The average Bonchev–Trinajstić information content (AvgIpc) is 3.32. The van der Waals surface area contributed by atoms with E-state index in [1.54, 1.807) is 31.6 Å². The van der Waals surface area contributed by atoms with Gasteiger partial charge in [0.15, 0.2) is 11.5 Å². The van der Waals surface area contributed by atoms with Gasteiger partial charge in [0.05, 0.1) is 19.9 Å². The molecule has 0 spiro atoms. The summed E-state index contributed by atoms with van der Waals surface area (Å²) in [5, 5.41) is 5.50. The van der Waals surface area contributed by atoms with E-state index >= 15 is 0 Å². The fourth-order valence-electron chi connectivity index (χ4n) is 4.14. The molecule has 1 atom stereocenters. The Morgan fingerprint density at radius 3 is 2.79 bits per heavy atom. The van der Waals surface area contributed by atoms with Gasteiger partial charge < -0.3 is 9.47 Å². The lowest BCUT2D eigenvalue weighted by Crippen LogP contribution is -2.23. The molecule has 1 saturated heterocycles. The minimum atomic E-state index is -0.0849. The van der Waals surface area contributed by atoms with E-state index in [2.05, 4.69) is 16.1 Å². The van der Waals surface area contributed by atoms with E-state index in [4.69, 9.17) is 14.5 Å². The molecule has 2 fully saturated rings. The van der Waals surface area contributed by atoms with Crippen LogP contribution in [0.5, 0.6) is 11.5 Å². The van der Waals surface area contributed by atoms with Crippen LogP contribution in [-0.4, -0.2) is 46.8 Å². The number of rotatable bonds is 6. The molecular weight excluding hydrogens is 388 g/mol. The van der Waals surface area contributed by atoms with Crippen molar-refractivity contribution in [1.29, 1.82) is 0 Å². The van der Waals surface area contributed by atoms with E-state index in [0.717, 1.165) is 41.7 Å². The second kappa shape index (κ2) is 7.42. The fourth-order valence-corrected chi connectivity index (χ4v) is 5.23. The van der Waals surface area contributed by atoms with Gasteiger partial charge in [-0.3, -0.25) is 9.69 Å². The summed E-state index contributed by atoms with van der Waals surface area (Å²) in [4.78, 5) is 20.3. The number of hydrogen-bond donors (Lipinski definition) is 0. The van der Waals surface area contributed by atoms with Gasteiger partial charge in [0.1, 0.15) is 5.01 Å². The SMILES string of the molecule is COc1cccc(C2CCN(Cc3cc(=O)n4nc(C5CC5)sc4n3)C2)c1OC. The third-order valence-electron chi connectivity index (χ3n) is 5.77. The molecule has 1 aromatic carbocycles. The van der Waals surface area contributed by atoms with Crippen molar-refractivity contribution in [2.45, 2.75) is 37.6 Å². The van der Waals surface area contributed by atoms with E-state index < -0.39 is 0 Å². The van der Waals surface area contributed by atoms with Crippen LogP contribution >= 0.6 is 11.3 Å². The average molecular weight is 413 g/mol. The molecule has 3 heterocycles. The number of fused-ring (bicyclic) bond motifs is 1. The lowest BCUT2D eigenvalue weighted by atomic mass is 9.97. The third-order valence-corrected chi connectivity index (χ3v) is 6.84. The maximum atomic E-state index is 12.5. The number of methoxy groups -OCH3 is 2. The van der Waals surface area contributed by atoms with Gasteiger partial charge in [0.2, 0.25) is 4.96 Å². The highest BCUT2D eigenvalue weighted by atomic mass is 32.1. The molecule has 1 aliphatic carbocycles. The zero-order valence-electron chi connectivity index (χ0n) is 16.6. The van der Waals surface area contributed by atoms with Crippen molar-refractivity contribution in [2.75, 3.05) is 27.3 Å². The van der Waals surface area contributed by atoms with Crippen LogP contribution in [0.3, 0.4) is 0 Å². The van der Waals surface area contributed by atoms with E-state index in [9.17, 15) is 4.79 Å². The highest BCUT2D eigenvalue weighted by Gasteiger charge is 2.29. The molecule has 1 aliphatic heterocycles. The molecule has 0 bridgehead atoms. The van der Waals surface area contributed by atoms with Crippen LogP contribution in [0, 0.1) is 0 Å². The van der Waals surface area contributed by atoms with Gasteiger partial charge in [0.25, 0.3) is 5.56 Å². The topological polar surface area (TPSA) is 69.0 Å². The highest BCUT2D eigenvalue weighted by molar-refractivity contribution is 7.16. The van der Waals surface area contributed by atoms with Crippen LogP contribution in [0.2, 0.25) is 0 Å². The smallest absolute Gasteiger partial charge is 0.275 e. The standard InChI is InChI=1S/C21H24N4O3S/c1-27-17-5-3-4-16(19(17)28-2)14-8-9-24(11-14)12-15-10-18(26)25-21(22-15)29-20(23-25)13-6-7-13/h3-5,10,13-14H,6-9,11-12H2,1-2H3. The molecule has 0 N–H and O–H groups in total. The van der Waals surface area contributed by atoms with Gasteiger partial charge >= 0.3 is 0 Å². The Labute approximate surface area is 172 Å². The van der Waals surface area contributed by atoms with E-state index in [1.165, 1.54) is 22.9 Å². The first-order valence-corrected chi connectivity index (χ1v) is 10.8. The van der Waals surface area contributed by atoms with Crippen LogP contribution in [0.15, 0.2) is 29.1 Å². The molecule has 2 aliphatic rings. The molecule has 2 aromatic heterocycles. The molecule has 7 nitrogen and oxygen atoms in total. The van der Waals surface area contributed by atoms with Crippen LogP contribution < -0.4 is 15.0 Å². The predicted octanol–water partition coefficient (Wildman–Crippen LogP) is 3.04. The quantitative estimate of drug-likeness (QED) is 0.620. The first kappa shape index (κ1) is 18.6. The van der Waals surface area contributed by atoms with Crippen molar-refractivity contribution in [3.63, 3.8) is 0 Å². The van der Waals surface area contributed by atoms with Crippen molar-refractivity contribution in [2.24, 2.45) is 0 Å². The van der Waals surface area contributed by atoms with Crippen molar-refractivity contribution in [3.8, 4) is 11.5 Å². The van der Waals surface area contributed by atoms with Crippen molar-refractivity contribution >= 4 is 16.3 Å². The molecule has 8 heteroatoms. The summed E-state index contributed by atoms with van der Waals surface area (Å²) >= 11 is 1.55.